The molecule has 0 aliphatic heterocycles. The summed E-state index contributed by atoms with van der Waals surface area (Å²) in [4.78, 5) is 11.4. The van der Waals surface area contributed by atoms with Crippen LogP contribution in [-0.4, -0.2) is 22.8 Å². The van der Waals surface area contributed by atoms with Crippen LogP contribution in [-0.2, 0) is 4.79 Å². The summed E-state index contributed by atoms with van der Waals surface area (Å²) in [6.07, 6.45) is 0. The van der Waals surface area contributed by atoms with Crippen LogP contribution in [0.2, 0.25) is 0 Å². The van der Waals surface area contributed by atoms with Gasteiger partial charge in [0.1, 0.15) is 24.0 Å². The average molecular weight is 272 g/mol. The normalized spacial score (nSPS) is 11.8. The third-order valence-electron chi connectivity index (χ3n) is 3.12. The molecule has 2 aromatic carbocycles. The van der Waals surface area contributed by atoms with Crippen LogP contribution in [0.25, 0.3) is 0 Å². The summed E-state index contributed by atoms with van der Waals surface area (Å²) in [5, 5.41) is 18.5. The number of benzene rings is 2. The highest BCUT2D eigenvalue weighted by Crippen LogP contribution is 2.23. The lowest BCUT2D eigenvalue weighted by molar-refractivity contribution is -0.139. The molecule has 0 aliphatic rings. The Bertz CT molecular complexity index is 590. The molecule has 1 unspecified atom stereocenters. The van der Waals surface area contributed by atoms with E-state index in [9.17, 15) is 15.0 Å². The molecular weight excluding hydrogens is 256 g/mol. The Balaban J connectivity index is 2.13. The van der Waals surface area contributed by atoms with E-state index in [2.05, 4.69) is 0 Å². The van der Waals surface area contributed by atoms with Gasteiger partial charge in [-0.2, -0.15) is 0 Å². The Morgan fingerprint density at radius 1 is 1.15 bits per heavy atom. The van der Waals surface area contributed by atoms with Crippen molar-refractivity contribution in [2.75, 3.05) is 6.61 Å². The van der Waals surface area contributed by atoms with Gasteiger partial charge in [-0.1, -0.05) is 24.3 Å². The van der Waals surface area contributed by atoms with Crippen molar-refractivity contribution >= 4 is 5.97 Å². The smallest absolute Gasteiger partial charge is 0.314 e. The fourth-order valence-electron chi connectivity index (χ4n) is 1.99. The van der Waals surface area contributed by atoms with E-state index in [1.54, 1.807) is 18.2 Å². The number of carboxylic acid groups (broad SMARTS) is 1. The molecule has 20 heavy (non-hydrogen) atoms. The van der Waals surface area contributed by atoms with Gasteiger partial charge in [0.25, 0.3) is 0 Å². The van der Waals surface area contributed by atoms with Crippen molar-refractivity contribution in [2.24, 2.45) is 0 Å². The van der Waals surface area contributed by atoms with Crippen LogP contribution in [0.1, 0.15) is 17.0 Å². The number of hydrogen-bond donors (Lipinski definition) is 2. The lowest BCUT2D eigenvalue weighted by atomic mass is 9.96. The summed E-state index contributed by atoms with van der Waals surface area (Å²) in [6.45, 7) is 1.93. The minimum absolute atomic E-state index is 0.0466. The van der Waals surface area contributed by atoms with Gasteiger partial charge in [-0.05, 0) is 42.3 Å². The number of aryl methyl sites for hydroxylation is 1. The number of carbonyl (C=O) groups is 1. The molecule has 0 aliphatic carbocycles. The third-order valence-corrected chi connectivity index (χ3v) is 3.12. The number of hydrogen-bond acceptors (Lipinski definition) is 3. The van der Waals surface area contributed by atoms with Crippen molar-refractivity contribution in [3.63, 3.8) is 0 Å². The highest BCUT2D eigenvalue weighted by Gasteiger charge is 2.22. The third kappa shape index (κ3) is 3.29. The first-order valence-electron chi connectivity index (χ1n) is 6.28. The number of ether oxygens (including phenoxy) is 1. The van der Waals surface area contributed by atoms with Gasteiger partial charge in [0.05, 0.1) is 0 Å². The van der Waals surface area contributed by atoms with Gasteiger partial charge in [-0.15, -0.1) is 0 Å². The van der Waals surface area contributed by atoms with E-state index < -0.39 is 11.9 Å². The summed E-state index contributed by atoms with van der Waals surface area (Å²) in [5.41, 5.74) is 1.67. The van der Waals surface area contributed by atoms with Crippen LogP contribution < -0.4 is 4.74 Å². The molecule has 0 amide bonds. The second-order valence-corrected chi connectivity index (χ2v) is 4.55. The van der Waals surface area contributed by atoms with Gasteiger partial charge >= 0.3 is 5.97 Å². The second kappa shape index (κ2) is 6.10. The van der Waals surface area contributed by atoms with E-state index in [4.69, 9.17) is 4.74 Å². The van der Waals surface area contributed by atoms with Gasteiger partial charge in [0.15, 0.2) is 0 Å². The molecule has 1 atom stereocenters. The molecular formula is C16H16O4. The Kier molecular flexibility index (Phi) is 4.25. The summed E-state index contributed by atoms with van der Waals surface area (Å²) in [7, 11) is 0. The van der Waals surface area contributed by atoms with Crippen LogP contribution in [0.15, 0.2) is 48.5 Å². The lowest BCUT2D eigenvalue weighted by Gasteiger charge is -2.16. The zero-order valence-corrected chi connectivity index (χ0v) is 11.1. The van der Waals surface area contributed by atoms with Crippen LogP contribution in [0, 0.1) is 6.92 Å². The number of aromatic hydroxyl groups is 1. The fourth-order valence-corrected chi connectivity index (χ4v) is 1.99. The lowest BCUT2D eigenvalue weighted by Crippen LogP contribution is -2.20. The highest BCUT2D eigenvalue weighted by atomic mass is 16.5. The minimum atomic E-state index is -0.918. The van der Waals surface area contributed by atoms with Gasteiger partial charge < -0.3 is 14.9 Å². The molecule has 4 nitrogen and oxygen atoms in total. The number of phenolic OH excluding ortho intramolecular Hbond substituents is 1. The molecule has 0 fully saturated rings. The van der Waals surface area contributed by atoms with Crippen LogP contribution in [0.4, 0.5) is 0 Å². The van der Waals surface area contributed by atoms with Crippen molar-refractivity contribution in [3.8, 4) is 11.5 Å². The molecule has 4 heteroatoms. The first kappa shape index (κ1) is 13.9. The van der Waals surface area contributed by atoms with E-state index in [-0.39, 0.29) is 12.4 Å². The van der Waals surface area contributed by atoms with E-state index in [1.165, 1.54) is 12.1 Å². The fraction of sp³-hybridized carbons (Fsp3) is 0.188. The van der Waals surface area contributed by atoms with Crippen molar-refractivity contribution in [1.82, 2.24) is 0 Å². The van der Waals surface area contributed by atoms with Gasteiger partial charge in [0, 0.05) is 0 Å². The SMILES string of the molecule is Cc1ccccc1C(COc1ccc(O)cc1)C(=O)O. The first-order chi connectivity index (χ1) is 9.58. The molecule has 0 spiro atoms. The van der Waals surface area contributed by atoms with Gasteiger partial charge in [-0.25, -0.2) is 0 Å². The largest absolute Gasteiger partial charge is 0.508 e. The molecule has 104 valence electrons. The van der Waals surface area contributed by atoms with Gasteiger partial charge in [-0.3, -0.25) is 4.79 Å². The zero-order chi connectivity index (χ0) is 14.5. The van der Waals surface area contributed by atoms with Crippen LogP contribution in [0.3, 0.4) is 0 Å². The summed E-state index contributed by atoms with van der Waals surface area (Å²) in [5.74, 6) is -0.961. The average Bonchev–Trinajstić information content (AvgIpc) is 2.42. The summed E-state index contributed by atoms with van der Waals surface area (Å²) >= 11 is 0. The van der Waals surface area contributed by atoms with Crippen molar-refractivity contribution < 1.29 is 19.7 Å². The quantitative estimate of drug-likeness (QED) is 0.878. The Hall–Kier alpha value is -2.49. The number of rotatable bonds is 5. The zero-order valence-electron chi connectivity index (χ0n) is 11.1. The molecule has 2 rings (SSSR count). The standard InChI is InChI=1S/C16H16O4/c1-11-4-2-3-5-14(11)15(16(18)19)10-20-13-8-6-12(17)7-9-13/h2-9,15,17H,10H2,1H3,(H,18,19). The molecule has 2 N–H and O–H groups in total. The maximum atomic E-state index is 11.4. The van der Waals surface area contributed by atoms with Crippen LogP contribution >= 0.6 is 0 Å². The molecule has 2 aromatic rings. The topological polar surface area (TPSA) is 66.8 Å². The van der Waals surface area contributed by atoms with Gasteiger partial charge in [0.2, 0.25) is 0 Å². The number of phenols is 1. The van der Waals surface area contributed by atoms with Crippen molar-refractivity contribution in [1.29, 1.82) is 0 Å². The molecule has 0 aromatic heterocycles. The Labute approximate surface area is 117 Å². The molecule has 0 saturated heterocycles. The first-order valence-corrected chi connectivity index (χ1v) is 6.28. The highest BCUT2D eigenvalue weighted by molar-refractivity contribution is 5.76. The Morgan fingerprint density at radius 2 is 1.80 bits per heavy atom. The molecule has 0 heterocycles. The summed E-state index contributed by atoms with van der Waals surface area (Å²) in [6, 6.07) is 13.6. The molecule has 0 bridgehead atoms. The monoisotopic (exact) mass is 272 g/mol. The maximum absolute atomic E-state index is 11.4. The van der Waals surface area contributed by atoms with Crippen molar-refractivity contribution in [2.45, 2.75) is 12.8 Å². The van der Waals surface area contributed by atoms with Crippen molar-refractivity contribution in [3.05, 3.63) is 59.7 Å². The van der Waals surface area contributed by atoms with Crippen LogP contribution in [0.5, 0.6) is 11.5 Å². The minimum Gasteiger partial charge on any atom is -0.508 e. The Morgan fingerprint density at radius 3 is 2.40 bits per heavy atom. The maximum Gasteiger partial charge on any atom is 0.314 e. The number of carboxylic acids is 1. The van der Waals surface area contributed by atoms with E-state index >= 15 is 0 Å². The molecule has 0 saturated carbocycles. The predicted octanol–water partition coefficient (Wildman–Crippen LogP) is 2.95. The summed E-state index contributed by atoms with van der Waals surface area (Å²) < 4.78 is 5.50. The van der Waals surface area contributed by atoms with E-state index in [0.29, 0.717) is 5.75 Å². The second-order valence-electron chi connectivity index (χ2n) is 4.55. The number of aliphatic carboxylic acids is 1. The van der Waals surface area contributed by atoms with E-state index in [1.807, 2.05) is 25.1 Å². The molecule has 0 radical (unpaired) electrons. The van der Waals surface area contributed by atoms with E-state index in [0.717, 1.165) is 11.1 Å². The predicted molar refractivity (Wildman–Crippen MR) is 75.2 cm³/mol.